The quantitative estimate of drug-likeness (QED) is 0.547. The summed E-state index contributed by atoms with van der Waals surface area (Å²) in [5.41, 5.74) is 8.93. The summed E-state index contributed by atoms with van der Waals surface area (Å²) in [7, 11) is 0. The van der Waals surface area contributed by atoms with Crippen LogP contribution in [-0.4, -0.2) is 45.0 Å². The molecule has 2 aliphatic rings. The molecule has 2 amide bonds. The van der Waals surface area contributed by atoms with Gasteiger partial charge in [0.05, 0.1) is 41.6 Å². The highest BCUT2D eigenvalue weighted by molar-refractivity contribution is 6.40. The maximum absolute atomic E-state index is 13.2. The Morgan fingerprint density at radius 1 is 1.29 bits per heavy atom. The van der Waals surface area contributed by atoms with Gasteiger partial charge in [0.25, 0.3) is 0 Å². The molecular weight excluding hydrogens is 396 g/mol. The van der Waals surface area contributed by atoms with Gasteiger partial charge >= 0.3 is 11.8 Å². The van der Waals surface area contributed by atoms with E-state index in [9.17, 15) is 9.59 Å². The summed E-state index contributed by atoms with van der Waals surface area (Å²) < 4.78 is 5.71. The number of amides is 2. The third-order valence-electron chi connectivity index (χ3n) is 6.14. The van der Waals surface area contributed by atoms with Crippen LogP contribution in [0.15, 0.2) is 30.6 Å². The van der Waals surface area contributed by atoms with Crippen molar-refractivity contribution in [1.29, 1.82) is 0 Å². The molecule has 2 aliphatic heterocycles. The minimum absolute atomic E-state index is 0.166. The third kappa shape index (κ3) is 3.45. The Morgan fingerprint density at radius 3 is 3.03 bits per heavy atom. The van der Waals surface area contributed by atoms with E-state index in [0.29, 0.717) is 41.5 Å². The number of fused-ring (bicyclic) bond motifs is 2. The van der Waals surface area contributed by atoms with E-state index in [1.54, 1.807) is 4.90 Å². The van der Waals surface area contributed by atoms with Crippen molar-refractivity contribution < 1.29 is 14.3 Å². The van der Waals surface area contributed by atoms with Crippen molar-refractivity contribution in [2.75, 3.05) is 24.2 Å². The lowest BCUT2D eigenvalue weighted by atomic mass is 9.89. The van der Waals surface area contributed by atoms with E-state index in [1.165, 1.54) is 18.0 Å². The first-order chi connectivity index (χ1) is 15.0. The largest absolute Gasteiger partial charge is 0.493 e. The minimum atomic E-state index is -0.709. The number of rotatable bonds is 2. The van der Waals surface area contributed by atoms with Crippen LogP contribution < -0.4 is 15.8 Å². The number of carbonyl (C=O) groups excluding carboxylic acids is 2. The summed E-state index contributed by atoms with van der Waals surface area (Å²) in [5.74, 6) is 0.219. The van der Waals surface area contributed by atoms with Gasteiger partial charge in [-0.2, -0.15) is 5.10 Å². The lowest BCUT2D eigenvalue weighted by Gasteiger charge is -2.38. The predicted molar refractivity (Wildman–Crippen MR) is 115 cm³/mol. The van der Waals surface area contributed by atoms with E-state index in [0.717, 1.165) is 30.6 Å². The number of nitrogens with two attached hydrogens (primary N) is 1. The van der Waals surface area contributed by atoms with E-state index in [-0.39, 0.29) is 6.04 Å². The lowest BCUT2D eigenvalue weighted by molar-refractivity contribution is -0.146. The van der Waals surface area contributed by atoms with Gasteiger partial charge in [-0.1, -0.05) is 19.1 Å². The fourth-order valence-corrected chi connectivity index (χ4v) is 4.47. The van der Waals surface area contributed by atoms with E-state index >= 15 is 0 Å². The molecule has 0 saturated carbocycles. The SMILES string of the molecule is CC1CCC(c2ccc3c(c2)OCC3)N(C(=O)C(=O)Nc2cnc(N)c3cn[nH]c23)C1. The number of anilines is 2. The second kappa shape index (κ2) is 7.57. The van der Waals surface area contributed by atoms with Crippen LogP contribution in [0.3, 0.4) is 0 Å². The smallest absolute Gasteiger partial charge is 0.314 e. The number of H-pyrrole nitrogens is 1. The van der Waals surface area contributed by atoms with Gasteiger partial charge in [-0.3, -0.25) is 14.7 Å². The number of aromatic amines is 1. The summed E-state index contributed by atoms with van der Waals surface area (Å²) in [6.07, 6.45) is 5.65. The van der Waals surface area contributed by atoms with Crippen LogP contribution in [0, 0.1) is 5.92 Å². The maximum atomic E-state index is 13.2. The Morgan fingerprint density at radius 2 is 2.16 bits per heavy atom. The summed E-state index contributed by atoms with van der Waals surface area (Å²) in [6, 6.07) is 5.96. The molecule has 1 saturated heterocycles. The highest BCUT2D eigenvalue weighted by atomic mass is 16.5. The van der Waals surface area contributed by atoms with Gasteiger partial charge in [-0.05, 0) is 36.0 Å². The first-order valence-electron chi connectivity index (χ1n) is 10.5. The zero-order chi connectivity index (χ0) is 21.5. The number of nitrogens with zero attached hydrogens (tertiary/aromatic N) is 3. The molecule has 9 nitrogen and oxygen atoms in total. The van der Waals surface area contributed by atoms with E-state index in [4.69, 9.17) is 10.5 Å². The predicted octanol–water partition coefficient (Wildman–Crippen LogP) is 2.41. The van der Waals surface area contributed by atoms with Crippen LogP contribution in [0.2, 0.25) is 0 Å². The molecular formula is C22H24N6O3. The van der Waals surface area contributed by atoms with E-state index in [2.05, 4.69) is 33.5 Å². The Bertz CT molecular complexity index is 1170. The number of benzene rings is 1. The second-order valence-electron chi connectivity index (χ2n) is 8.29. The van der Waals surface area contributed by atoms with Gasteiger partial charge < -0.3 is 20.7 Å². The van der Waals surface area contributed by atoms with Crippen LogP contribution in [0.5, 0.6) is 5.75 Å². The van der Waals surface area contributed by atoms with Crippen molar-refractivity contribution in [2.24, 2.45) is 5.92 Å². The number of aromatic nitrogens is 3. The molecule has 4 heterocycles. The molecule has 9 heteroatoms. The molecule has 0 spiro atoms. The molecule has 160 valence electrons. The number of nitrogens with one attached hydrogen (secondary N) is 2. The molecule has 0 bridgehead atoms. The van der Waals surface area contributed by atoms with Crippen molar-refractivity contribution in [3.8, 4) is 5.75 Å². The molecule has 31 heavy (non-hydrogen) atoms. The summed E-state index contributed by atoms with van der Waals surface area (Å²) >= 11 is 0. The monoisotopic (exact) mass is 420 g/mol. The molecule has 1 fully saturated rings. The third-order valence-corrected chi connectivity index (χ3v) is 6.14. The van der Waals surface area contributed by atoms with Crippen molar-refractivity contribution in [3.63, 3.8) is 0 Å². The summed E-state index contributed by atoms with van der Waals surface area (Å²) in [6.45, 7) is 3.30. The Kier molecular flexibility index (Phi) is 4.72. The standard InChI is InChI=1S/C22H24N6O3/c1-12-2-5-17(14-4-3-13-6-7-31-18(13)8-14)28(11-12)22(30)21(29)26-16-10-24-20(23)15-9-25-27-19(15)16/h3-4,8-10,12,17H,2,5-7,11H2,1H3,(H2,23,24)(H,25,27)(H,26,29). The van der Waals surface area contributed by atoms with Crippen molar-refractivity contribution in [3.05, 3.63) is 41.7 Å². The molecule has 0 aliphatic carbocycles. The van der Waals surface area contributed by atoms with Crippen LogP contribution >= 0.6 is 0 Å². The summed E-state index contributed by atoms with van der Waals surface area (Å²) in [4.78, 5) is 31.9. The summed E-state index contributed by atoms with van der Waals surface area (Å²) in [5, 5.41) is 10.0. The first kappa shape index (κ1) is 19.3. The lowest BCUT2D eigenvalue weighted by Crippen LogP contribution is -2.46. The van der Waals surface area contributed by atoms with Crippen molar-refractivity contribution >= 4 is 34.2 Å². The first-order valence-corrected chi connectivity index (χ1v) is 10.5. The molecule has 1 aromatic carbocycles. The van der Waals surface area contributed by atoms with Crippen LogP contribution in [0.4, 0.5) is 11.5 Å². The average molecular weight is 420 g/mol. The van der Waals surface area contributed by atoms with Crippen LogP contribution in [0.1, 0.15) is 36.9 Å². The van der Waals surface area contributed by atoms with Crippen molar-refractivity contribution in [1.82, 2.24) is 20.1 Å². The highest BCUT2D eigenvalue weighted by Crippen LogP contribution is 2.37. The zero-order valence-electron chi connectivity index (χ0n) is 17.2. The molecule has 3 aromatic rings. The normalized spacial score (nSPS) is 20.4. The molecule has 2 atom stereocenters. The molecule has 2 unspecified atom stereocenters. The Labute approximate surface area is 179 Å². The number of likely N-dealkylation sites (tertiary alicyclic amines) is 1. The minimum Gasteiger partial charge on any atom is -0.493 e. The number of piperidine rings is 1. The van der Waals surface area contributed by atoms with Crippen LogP contribution in [-0.2, 0) is 16.0 Å². The molecule has 4 N–H and O–H groups in total. The topological polar surface area (TPSA) is 126 Å². The molecule has 2 aromatic heterocycles. The van der Waals surface area contributed by atoms with E-state index in [1.807, 2.05) is 12.1 Å². The van der Waals surface area contributed by atoms with Gasteiger partial charge in [0.2, 0.25) is 0 Å². The second-order valence-corrected chi connectivity index (χ2v) is 8.29. The Balaban J connectivity index is 1.40. The number of pyridine rings is 1. The van der Waals surface area contributed by atoms with Gasteiger partial charge in [0.1, 0.15) is 11.6 Å². The van der Waals surface area contributed by atoms with Crippen molar-refractivity contribution in [2.45, 2.75) is 32.2 Å². The molecule has 5 rings (SSSR count). The average Bonchev–Trinajstić information content (AvgIpc) is 3.44. The van der Waals surface area contributed by atoms with E-state index < -0.39 is 11.8 Å². The van der Waals surface area contributed by atoms with Gasteiger partial charge in [-0.15, -0.1) is 0 Å². The van der Waals surface area contributed by atoms with Gasteiger partial charge in [0.15, 0.2) is 0 Å². The fourth-order valence-electron chi connectivity index (χ4n) is 4.47. The number of carbonyl (C=O) groups is 2. The fraction of sp³-hybridized carbons (Fsp3) is 0.364. The van der Waals surface area contributed by atoms with Crippen LogP contribution in [0.25, 0.3) is 10.9 Å². The highest BCUT2D eigenvalue weighted by Gasteiger charge is 2.35. The molecule has 0 radical (unpaired) electrons. The number of ether oxygens (including phenoxy) is 1. The number of nitrogen functional groups attached to an aromatic ring is 1. The Hall–Kier alpha value is -3.62. The number of hydrogen-bond donors (Lipinski definition) is 3. The van der Waals surface area contributed by atoms with Gasteiger partial charge in [-0.25, -0.2) is 4.98 Å². The number of hydrogen-bond acceptors (Lipinski definition) is 6. The van der Waals surface area contributed by atoms with Gasteiger partial charge in [0, 0.05) is 13.0 Å². The zero-order valence-corrected chi connectivity index (χ0v) is 17.2. The maximum Gasteiger partial charge on any atom is 0.314 e.